The lowest BCUT2D eigenvalue weighted by molar-refractivity contribution is -0.389. The van der Waals surface area contributed by atoms with E-state index in [4.69, 9.17) is 9.47 Å². The van der Waals surface area contributed by atoms with Crippen LogP contribution in [0.25, 0.3) is 0 Å². The summed E-state index contributed by atoms with van der Waals surface area (Å²) in [5.41, 5.74) is 0.461. The molecule has 1 saturated heterocycles. The highest BCUT2D eigenvalue weighted by Gasteiger charge is 2.41. The molecular weight excluding hydrogens is 372 g/mol. The van der Waals surface area contributed by atoms with Crippen molar-refractivity contribution in [3.8, 4) is 11.8 Å². The molecule has 3 heterocycles. The fraction of sp³-hybridized carbons (Fsp3) is 0.471. The Morgan fingerprint density at radius 3 is 2.67 bits per heavy atom. The molecular formula is C17H20N4O5S. The zero-order chi connectivity index (χ0) is 19.0. The molecule has 9 nitrogen and oxygen atoms in total. The van der Waals surface area contributed by atoms with Crippen molar-refractivity contribution in [3.63, 3.8) is 0 Å². The number of hydrogen-bond donors (Lipinski definition) is 0. The topological polar surface area (TPSA) is 99.7 Å². The molecule has 0 bridgehead atoms. The maximum absolute atomic E-state index is 11.5. The molecule has 1 aromatic carbocycles. The fourth-order valence-corrected chi connectivity index (χ4v) is 4.29. The van der Waals surface area contributed by atoms with Crippen LogP contribution in [0.2, 0.25) is 0 Å². The minimum Gasteiger partial charge on any atom is -0.489 e. The first-order valence-corrected chi connectivity index (χ1v) is 10.1. The van der Waals surface area contributed by atoms with E-state index in [-0.39, 0.29) is 11.8 Å². The van der Waals surface area contributed by atoms with Crippen molar-refractivity contribution in [3.05, 3.63) is 40.6 Å². The molecule has 0 saturated carbocycles. The molecule has 2 aliphatic rings. The summed E-state index contributed by atoms with van der Waals surface area (Å²) in [4.78, 5) is 16.3. The van der Waals surface area contributed by atoms with Gasteiger partial charge in [-0.1, -0.05) is 0 Å². The molecule has 0 N–H and O–H groups in total. The van der Waals surface area contributed by atoms with Gasteiger partial charge in [0.05, 0.1) is 6.54 Å². The third-order valence-electron chi connectivity index (χ3n) is 4.68. The fourth-order valence-electron chi connectivity index (χ4n) is 3.24. The Morgan fingerprint density at radius 2 is 2.04 bits per heavy atom. The molecule has 1 fully saturated rings. The minimum atomic E-state index is -0.691. The lowest BCUT2D eigenvalue weighted by Crippen LogP contribution is -2.38. The van der Waals surface area contributed by atoms with Crippen LogP contribution in [0.4, 0.5) is 11.5 Å². The van der Waals surface area contributed by atoms with E-state index in [0.29, 0.717) is 24.7 Å². The van der Waals surface area contributed by atoms with E-state index in [9.17, 15) is 14.3 Å². The normalized spacial score (nSPS) is 22.3. The molecule has 0 spiro atoms. The van der Waals surface area contributed by atoms with E-state index in [1.807, 2.05) is 31.2 Å². The van der Waals surface area contributed by atoms with Crippen molar-refractivity contribution in [1.82, 2.24) is 9.55 Å². The quantitative estimate of drug-likeness (QED) is 0.563. The number of benzene rings is 1. The molecule has 27 heavy (non-hydrogen) atoms. The average molecular weight is 392 g/mol. The van der Waals surface area contributed by atoms with E-state index in [2.05, 4.69) is 9.88 Å². The first-order chi connectivity index (χ1) is 12.9. The highest BCUT2D eigenvalue weighted by Crippen LogP contribution is 2.31. The zero-order valence-electron chi connectivity index (χ0n) is 14.9. The van der Waals surface area contributed by atoms with Crippen LogP contribution in [0.15, 0.2) is 30.5 Å². The van der Waals surface area contributed by atoms with Gasteiger partial charge in [0.1, 0.15) is 18.6 Å². The molecule has 1 atom stereocenters. The Balaban J connectivity index is 1.34. The Kier molecular flexibility index (Phi) is 4.50. The lowest BCUT2D eigenvalue weighted by Gasteiger charge is -2.28. The summed E-state index contributed by atoms with van der Waals surface area (Å²) in [6, 6.07) is 8.04. The van der Waals surface area contributed by atoms with Crippen molar-refractivity contribution in [2.24, 2.45) is 0 Å². The van der Waals surface area contributed by atoms with Crippen LogP contribution >= 0.6 is 0 Å². The van der Waals surface area contributed by atoms with Crippen LogP contribution in [0.1, 0.15) is 6.92 Å². The third-order valence-corrected chi connectivity index (χ3v) is 5.96. The zero-order valence-corrected chi connectivity index (χ0v) is 15.7. The molecule has 144 valence electrons. The van der Waals surface area contributed by atoms with Gasteiger partial charge in [0, 0.05) is 46.1 Å². The second-order valence-electron chi connectivity index (χ2n) is 6.94. The summed E-state index contributed by atoms with van der Waals surface area (Å²) in [6.07, 6.45) is 1.38. The molecule has 0 aliphatic carbocycles. The highest BCUT2D eigenvalue weighted by molar-refractivity contribution is 7.85. The Morgan fingerprint density at radius 1 is 1.33 bits per heavy atom. The Labute approximate surface area is 158 Å². The largest absolute Gasteiger partial charge is 0.489 e. The van der Waals surface area contributed by atoms with Crippen LogP contribution in [0, 0.1) is 10.1 Å². The van der Waals surface area contributed by atoms with Crippen LogP contribution in [0.3, 0.4) is 0 Å². The van der Waals surface area contributed by atoms with E-state index in [1.54, 1.807) is 4.57 Å². The SMILES string of the molecule is C[C@]1(COc2ccc(N3CCS(=O)CC3)cc2)Cn2cc([N+](=O)[O-])nc2O1. The lowest BCUT2D eigenvalue weighted by atomic mass is 10.1. The third kappa shape index (κ3) is 3.75. The van der Waals surface area contributed by atoms with Crippen LogP contribution in [0.5, 0.6) is 11.8 Å². The first kappa shape index (κ1) is 17.8. The molecule has 0 amide bonds. The molecule has 0 unspecified atom stereocenters. The molecule has 0 radical (unpaired) electrons. The Bertz CT molecular complexity index is 848. The number of fused-ring (bicyclic) bond motifs is 1. The number of hydrogen-bond acceptors (Lipinski definition) is 7. The second-order valence-corrected chi connectivity index (χ2v) is 8.63. The van der Waals surface area contributed by atoms with E-state index < -0.39 is 21.3 Å². The first-order valence-electron chi connectivity index (χ1n) is 8.65. The summed E-state index contributed by atoms with van der Waals surface area (Å²) in [5.74, 6) is 1.92. The van der Waals surface area contributed by atoms with Gasteiger partial charge < -0.3 is 24.5 Å². The Hall–Kier alpha value is -2.62. The smallest absolute Gasteiger partial charge is 0.415 e. The van der Waals surface area contributed by atoms with Gasteiger partial charge in [0.15, 0.2) is 5.60 Å². The van der Waals surface area contributed by atoms with Crippen molar-refractivity contribution in [2.75, 3.05) is 36.1 Å². The van der Waals surface area contributed by atoms with E-state index >= 15 is 0 Å². The van der Waals surface area contributed by atoms with Gasteiger partial charge in [-0.25, -0.2) is 0 Å². The predicted octanol–water partition coefficient (Wildman–Crippen LogP) is 1.59. The van der Waals surface area contributed by atoms with Gasteiger partial charge in [-0.3, -0.25) is 8.78 Å². The van der Waals surface area contributed by atoms with E-state index in [1.165, 1.54) is 6.20 Å². The number of ether oxygens (including phenoxy) is 2. The minimum absolute atomic E-state index is 0.217. The average Bonchev–Trinajstić information content (AvgIpc) is 3.17. The standard InChI is InChI=1S/C17H20N4O5S/c1-17(11-20-10-15(21(22)23)18-16(20)26-17)12-25-14-4-2-13(3-5-14)19-6-8-27(24)9-7-19/h2-5,10H,6-9,11-12H2,1H3/t17-/m1/s1. The van der Waals surface area contributed by atoms with Crippen molar-refractivity contribution < 1.29 is 18.6 Å². The number of rotatable bonds is 5. The van der Waals surface area contributed by atoms with E-state index in [0.717, 1.165) is 24.5 Å². The van der Waals surface area contributed by atoms with Crippen LogP contribution < -0.4 is 14.4 Å². The monoisotopic (exact) mass is 392 g/mol. The highest BCUT2D eigenvalue weighted by atomic mass is 32.2. The molecule has 10 heteroatoms. The summed E-state index contributed by atoms with van der Waals surface area (Å²) in [7, 11) is -0.691. The summed E-state index contributed by atoms with van der Waals surface area (Å²) in [5, 5.41) is 10.8. The molecule has 2 aliphatic heterocycles. The maximum Gasteiger partial charge on any atom is 0.415 e. The number of anilines is 1. The van der Waals surface area contributed by atoms with Crippen LogP contribution in [-0.2, 0) is 17.3 Å². The van der Waals surface area contributed by atoms with Gasteiger partial charge in [-0.2, -0.15) is 0 Å². The second kappa shape index (κ2) is 6.84. The van der Waals surface area contributed by atoms with Crippen molar-refractivity contribution in [2.45, 2.75) is 19.1 Å². The summed E-state index contributed by atoms with van der Waals surface area (Å²) < 4.78 is 24.7. The number of imidazole rings is 1. The van der Waals surface area contributed by atoms with Gasteiger partial charge in [-0.05, 0) is 36.1 Å². The maximum atomic E-state index is 11.5. The number of nitrogens with zero attached hydrogens (tertiary/aromatic N) is 4. The van der Waals surface area contributed by atoms with Gasteiger partial charge >= 0.3 is 11.8 Å². The molecule has 2 aromatic rings. The molecule has 1 aromatic heterocycles. The van der Waals surface area contributed by atoms with Gasteiger partial charge in [-0.15, -0.1) is 0 Å². The van der Waals surface area contributed by atoms with Gasteiger partial charge in [0.2, 0.25) is 0 Å². The molecule has 4 rings (SSSR count). The number of nitro groups is 1. The predicted molar refractivity (Wildman–Crippen MR) is 99.9 cm³/mol. The van der Waals surface area contributed by atoms with Crippen LogP contribution in [-0.4, -0.2) is 55.5 Å². The summed E-state index contributed by atoms with van der Waals surface area (Å²) >= 11 is 0. The van der Waals surface area contributed by atoms with Gasteiger partial charge in [0.25, 0.3) is 0 Å². The van der Waals surface area contributed by atoms with Crippen molar-refractivity contribution >= 4 is 22.3 Å². The van der Waals surface area contributed by atoms with Crippen molar-refractivity contribution in [1.29, 1.82) is 0 Å². The summed E-state index contributed by atoms with van der Waals surface area (Å²) in [6.45, 7) is 4.22. The number of aromatic nitrogens is 2.